The van der Waals surface area contributed by atoms with Crippen LogP contribution in [-0.4, -0.2) is 57.6 Å². The minimum Gasteiger partial charge on any atom is -0.497 e. The van der Waals surface area contributed by atoms with E-state index in [9.17, 15) is 18.0 Å². The SMILES string of the molecule is CCNC(=O)C(Cc1ccccc1)N(Cc1cccc(OC)c1)C(=O)CCCN(c1cccc(C)c1)S(C)(=O)=O. The first-order valence-electron chi connectivity index (χ1n) is 13.4. The van der Waals surface area contributed by atoms with E-state index < -0.39 is 16.1 Å². The lowest BCUT2D eigenvalue weighted by Crippen LogP contribution is -2.50. The molecule has 214 valence electrons. The zero-order valence-corrected chi connectivity index (χ0v) is 24.5. The molecule has 2 amide bonds. The molecule has 0 saturated carbocycles. The summed E-state index contributed by atoms with van der Waals surface area (Å²) in [5, 5.41) is 2.89. The summed E-state index contributed by atoms with van der Waals surface area (Å²) < 4.78 is 31.9. The normalized spacial score (nSPS) is 11.9. The lowest BCUT2D eigenvalue weighted by molar-refractivity contribution is -0.141. The van der Waals surface area contributed by atoms with Crippen LogP contribution in [0.5, 0.6) is 5.75 Å². The second-order valence-electron chi connectivity index (χ2n) is 9.75. The van der Waals surface area contributed by atoms with Crippen LogP contribution in [-0.2, 0) is 32.6 Å². The lowest BCUT2D eigenvalue weighted by atomic mass is 10.0. The van der Waals surface area contributed by atoms with Crippen molar-refractivity contribution < 1.29 is 22.7 Å². The van der Waals surface area contributed by atoms with E-state index in [1.165, 1.54) is 4.31 Å². The number of carbonyl (C=O) groups excluding carboxylic acids is 2. The van der Waals surface area contributed by atoms with Gasteiger partial charge < -0.3 is 15.0 Å². The van der Waals surface area contributed by atoms with Crippen LogP contribution in [0.15, 0.2) is 78.9 Å². The number of anilines is 1. The van der Waals surface area contributed by atoms with E-state index in [1.807, 2.05) is 86.6 Å². The minimum absolute atomic E-state index is 0.0759. The van der Waals surface area contributed by atoms with Gasteiger partial charge in [-0.15, -0.1) is 0 Å². The molecular formula is C31H39N3O5S. The first-order valence-corrected chi connectivity index (χ1v) is 15.3. The van der Waals surface area contributed by atoms with Gasteiger partial charge in [0.15, 0.2) is 0 Å². The number of rotatable bonds is 14. The topological polar surface area (TPSA) is 96.0 Å². The number of likely N-dealkylation sites (N-methyl/N-ethyl adjacent to an activating group) is 1. The Bertz CT molecular complexity index is 1380. The Labute approximate surface area is 238 Å². The van der Waals surface area contributed by atoms with E-state index in [4.69, 9.17) is 4.74 Å². The summed E-state index contributed by atoms with van der Waals surface area (Å²) in [5.74, 6) is 0.192. The highest BCUT2D eigenvalue weighted by atomic mass is 32.2. The molecule has 0 fully saturated rings. The van der Waals surface area contributed by atoms with Crippen LogP contribution in [0.2, 0.25) is 0 Å². The molecule has 0 spiro atoms. The summed E-state index contributed by atoms with van der Waals surface area (Å²) in [6.07, 6.45) is 1.88. The largest absolute Gasteiger partial charge is 0.497 e. The van der Waals surface area contributed by atoms with Gasteiger partial charge in [-0.2, -0.15) is 0 Å². The van der Waals surface area contributed by atoms with E-state index in [0.717, 1.165) is 22.9 Å². The van der Waals surface area contributed by atoms with Gasteiger partial charge in [-0.05, 0) is 61.2 Å². The zero-order valence-electron chi connectivity index (χ0n) is 23.7. The molecule has 0 aliphatic heterocycles. The van der Waals surface area contributed by atoms with Gasteiger partial charge in [0.25, 0.3) is 0 Å². The second kappa shape index (κ2) is 14.5. The lowest BCUT2D eigenvalue weighted by Gasteiger charge is -2.32. The molecule has 9 heteroatoms. The number of benzene rings is 3. The maximum absolute atomic E-state index is 13.8. The molecule has 1 unspecified atom stereocenters. The highest BCUT2D eigenvalue weighted by molar-refractivity contribution is 7.92. The van der Waals surface area contributed by atoms with Crippen molar-refractivity contribution in [1.82, 2.24) is 10.2 Å². The van der Waals surface area contributed by atoms with Crippen molar-refractivity contribution in [3.8, 4) is 5.75 Å². The molecular weight excluding hydrogens is 526 g/mol. The van der Waals surface area contributed by atoms with Gasteiger partial charge in [0, 0.05) is 32.5 Å². The molecule has 1 N–H and O–H groups in total. The standard InChI is InChI=1S/C31H39N3O5S/c1-5-32-31(36)29(22-25-13-7-6-8-14-25)33(23-26-15-10-17-28(21-26)39-3)30(35)18-11-19-34(40(4,37)38)27-16-9-12-24(2)20-27/h6-10,12-17,20-21,29H,5,11,18-19,22-23H2,1-4H3,(H,32,36). The monoisotopic (exact) mass is 565 g/mol. The Morgan fingerprint density at radius 1 is 0.950 bits per heavy atom. The van der Waals surface area contributed by atoms with E-state index in [1.54, 1.807) is 18.1 Å². The quantitative estimate of drug-likeness (QED) is 0.314. The molecule has 8 nitrogen and oxygen atoms in total. The van der Waals surface area contributed by atoms with Crippen molar-refractivity contribution in [2.75, 3.05) is 30.8 Å². The van der Waals surface area contributed by atoms with Gasteiger partial charge >= 0.3 is 0 Å². The number of methoxy groups -OCH3 is 1. The molecule has 0 heterocycles. The molecule has 0 radical (unpaired) electrons. The smallest absolute Gasteiger partial charge is 0.243 e. The minimum atomic E-state index is -3.56. The van der Waals surface area contributed by atoms with Crippen LogP contribution in [0.1, 0.15) is 36.5 Å². The van der Waals surface area contributed by atoms with Crippen molar-refractivity contribution in [3.05, 3.63) is 95.6 Å². The van der Waals surface area contributed by atoms with E-state index in [0.29, 0.717) is 30.8 Å². The Hall–Kier alpha value is -3.85. The number of carbonyl (C=O) groups is 2. The van der Waals surface area contributed by atoms with E-state index in [-0.39, 0.29) is 31.3 Å². The highest BCUT2D eigenvalue weighted by Crippen LogP contribution is 2.22. The van der Waals surface area contributed by atoms with Gasteiger partial charge in [0.2, 0.25) is 21.8 Å². The van der Waals surface area contributed by atoms with Crippen molar-refractivity contribution in [2.24, 2.45) is 0 Å². The van der Waals surface area contributed by atoms with Crippen molar-refractivity contribution in [3.63, 3.8) is 0 Å². The van der Waals surface area contributed by atoms with E-state index in [2.05, 4.69) is 5.32 Å². The van der Waals surface area contributed by atoms with Crippen molar-refractivity contribution in [2.45, 2.75) is 45.7 Å². The number of aryl methyl sites for hydroxylation is 1. The maximum atomic E-state index is 13.8. The van der Waals surface area contributed by atoms with Crippen LogP contribution in [0.25, 0.3) is 0 Å². The van der Waals surface area contributed by atoms with Gasteiger partial charge in [-0.3, -0.25) is 13.9 Å². The maximum Gasteiger partial charge on any atom is 0.243 e. The highest BCUT2D eigenvalue weighted by Gasteiger charge is 2.30. The fourth-order valence-electron chi connectivity index (χ4n) is 4.60. The molecule has 0 aliphatic rings. The van der Waals surface area contributed by atoms with Crippen LogP contribution in [0, 0.1) is 6.92 Å². The average Bonchev–Trinajstić information content (AvgIpc) is 2.93. The number of amides is 2. The zero-order chi connectivity index (χ0) is 29.1. The number of nitrogens with one attached hydrogen (secondary N) is 1. The molecule has 3 aromatic rings. The molecule has 0 aliphatic carbocycles. The number of ether oxygens (including phenoxy) is 1. The van der Waals surface area contributed by atoms with Crippen LogP contribution < -0.4 is 14.4 Å². The van der Waals surface area contributed by atoms with Crippen LogP contribution in [0.4, 0.5) is 5.69 Å². The molecule has 0 aromatic heterocycles. The summed E-state index contributed by atoms with van der Waals surface area (Å²) >= 11 is 0. The number of nitrogens with zero attached hydrogens (tertiary/aromatic N) is 2. The van der Waals surface area contributed by atoms with Crippen molar-refractivity contribution in [1.29, 1.82) is 0 Å². The summed E-state index contributed by atoms with van der Waals surface area (Å²) in [6.45, 7) is 4.53. The molecule has 3 rings (SSSR count). The fourth-order valence-corrected chi connectivity index (χ4v) is 5.56. The molecule has 40 heavy (non-hydrogen) atoms. The van der Waals surface area contributed by atoms with Crippen molar-refractivity contribution >= 4 is 27.5 Å². The van der Waals surface area contributed by atoms with Gasteiger partial charge in [-0.25, -0.2) is 8.42 Å². The Morgan fingerprint density at radius 2 is 1.65 bits per heavy atom. The molecule has 0 saturated heterocycles. The first-order chi connectivity index (χ1) is 19.1. The predicted octanol–water partition coefficient (Wildman–Crippen LogP) is 4.33. The Kier molecular flexibility index (Phi) is 11.1. The van der Waals surface area contributed by atoms with Gasteiger partial charge in [0.1, 0.15) is 11.8 Å². The predicted molar refractivity (Wildman–Crippen MR) is 159 cm³/mol. The number of hydrogen-bond acceptors (Lipinski definition) is 5. The summed E-state index contributed by atoms with van der Waals surface area (Å²) in [7, 11) is -1.98. The van der Waals surface area contributed by atoms with Crippen LogP contribution >= 0.6 is 0 Å². The summed E-state index contributed by atoms with van der Waals surface area (Å²) in [6, 6.07) is 23.5. The Morgan fingerprint density at radius 3 is 2.30 bits per heavy atom. The molecule has 3 aromatic carbocycles. The number of sulfonamides is 1. The third-order valence-electron chi connectivity index (χ3n) is 6.55. The van der Waals surface area contributed by atoms with Gasteiger partial charge in [-0.1, -0.05) is 54.6 Å². The third-order valence-corrected chi connectivity index (χ3v) is 7.75. The fraction of sp³-hybridized carbons (Fsp3) is 0.355. The summed E-state index contributed by atoms with van der Waals surface area (Å²) in [5.41, 5.74) is 3.27. The second-order valence-corrected chi connectivity index (χ2v) is 11.7. The third kappa shape index (κ3) is 8.84. The molecule has 1 atom stereocenters. The first kappa shape index (κ1) is 30.7. The average molecular weight is 566 g/mol. The summed E-state index contributed by atoms with van der Waals surface area (Å²) in [4.78, 5) is 28.7. The molecule has 0 bridgehead atoms. The Balaban J connectivity index is 1.88. The number of hydrogen-bond donors (Lipinski definition) is 1. The van der Waals surface area contributed by atoms with Gasteiger partial charge in [0.05, 0.1) is 19.1 Å². The van der Waals surface area contributed by atoms with E-state index >= 15 is 0 Å². The van der Waals surface area contributed by atoms with Crippen LogP contribution in [0.3, 0.4) is 0 Å².